The molecule has 2 heterocycles. The summed E-state index contributed by atoms with van der Waals surface area (Å²) >= 11 is 0. The maximum absolute atomic E-state index is 6.25. The van der Waals surface area contributed by atoms with Crippen molar-refractivity contribution >= 4 is 0 Å². The van der Waals surface area contributed by atoms with Gasteiger partial charge >= 0.3 is 0 Å². The van der Waals surface area contributed by atoms with E-state index >= 15 is 0 Å². The molecule has 4 rings (SSSR count). The summed E-state index contributed by atoms with van der Waals surface area (Å²) in [6.45, 7) is 0.833. The van der Waals surface area contributed by atoms with Crippen molar-refractivity contribution in [3.63, 3.8) is 0 Å². The Hall–Kier alpha value is -1.80. The molecule has 6 atom stereocenters. The van der Waals surface area contributed by atoms with Crippen molar-refractivity contribution in [1.82, 2.24) is 0 Å². The summed E-state index contributed by atoms with van der Waals surface area (Å²) in [7, 11) is 3.27. The van der Waals surface area contributed by atoms with Crippen molar-refractivity contribution in [2.75, 3.05) is 20.8 Å². The Kier molecular flexibility index (Phi) is 6.36. The summed E-state index contributed by atoms with van der Waals surface area (Å²) in [4.78, 5) is 0. The zero-order chi connectivity index (χ0) is 19.3. The summed E-state index contributed by atoms with van der Waals surface area (Å²) in [6.07, 6.45) is -2.40. The van der Waals surface area contributed by atoms with Crippen LogP contribution in [0.3, 0.4) is 0 Å². The van der Waals surface area contributed by atoms with Crippen molar-refractivity contribution in [2.24, 2.45) is 0 Å². The number of hydrogen-bond acceptors (Lipinski definition) is 6. The highest BCUT2D eigenvalue weighted by Gasteiger charge is 2.51. The van der Waals surface area contributed by atoms with E-state index in [4.69, 9.17) is 28.4 Å². The Morgan fingerprint density at radius 1 is 0.857 bits per heavy atom. The predicted octanol–water partition coefficient (Wildman–Crippen LogP) is 3.07. The van der Waals surface area contributed by atoms with E-state index in [0.717, 1.165) is 11.1 Å². The lowest BCUT2D eigenvalue weighted by Gasteiger charge is -2.48. The second-order valence-electron chi connectivity index (χ2n) is 6.92. The molecule has 0 aliphatic carbocycles. The summed E-state index contributed by atoms with van der Waals surface area (Å²) in [6, 6.07) is 19.9. The fourth-order valence-corrected chi connectivity index (χ4v) is 3.73. The fourth-order valence-electron chi connectivity index (χ4n) is 3.73. The molecule has 2 saturated heterocycles. The van der Waals surface area contributed by atoms with Gasteiger partial charge in [0.15, 0.2) is 12.6 Å². The van der Waals surface area contributed by atoms with Crippen molar-refractivity contribution in [3.8, 4) is 0 Å². The average Bonchev–Trinajstić information content (AvgIpc) is 2.77. The molecular weight excluding hydrogens is 360 g/mol. The van der Waals surface area contributed by atoms with Gasteiger partial charge in [0, 0.05) is 19.8 Å². The predicted molar refractivity (Wildman–Crippen MR) is 101 cm³/mol. The fraction of sp³-hybridized carbons (Fsp3) is 0.455. The number of rotatable bonds is 6. The van der Waals surface area contributed by atoms with Crippen LogP contribution in [0.1, 0.15) is 17.4 Å². The molecule has 2 fully saturated rings. The first-order valence-electron chi connectivity index (χ1n) is 9.48. The van der Waals surface area contributed by atoms with E-state index < -0.39 is 18.7 Å². The minimum atomic E-state index is -0.560. The van der Waals surface area contributed by atoms with Gasteiger partial charge in [-0.3, -0.25) is 0 Å². The van der Waals surface area contributed by atoms with Crippen LogP contribution in [0.25, 0.3) is 0 Å². The van der Waals surface area contributed by atoms with E-state index in [1.807, 2.05) is 60.7 Å². The summed E-state index contributed by atoms with van der Waals surface area (Å²) in [5, 5.41) is 0. The van der Waals surface area contributed by atoms with Crippen LogP contribution in [0.5, 0.6) is 0 Å². The highest BCUT2D eigenvalue weighted by Crippen LogP contribution is 2.36. The molecule has 2 aliphatic rings. The average molecular weight is 386 g/mol. The van der Waals surface area contributed by atoms with Gasteiger partial charge in [-0.05, 0) is 5.56 Å². The van der Waals surface area contributed by atoms with Crippen LogP contribution in [0.4, 0.5) is 0 Å². The van der Waals surface area contributed by atoms with Gasteiger partial charge in [-0.25, -0.2) is 0 Å². The molecule has 6 heteroatoms. The largest absolute Gasteiger partial charge is 0.376 e. The minimum absolute atomic E-state index is 0.286. The molecule has 28 heavy (non-hydrogen) atoms. The maximum atomic E-state index is 6.25. The Labute approximate surface area is 165 Å². The molecule has 0 spiro atoms. The molecule has 0 N–H and O–H groups in total. The number of methoxy groups -OCH3 is 2. The van der Waals surface area contributed by atoms with Crippen LogP contribution in [0.15, 0.2) is 60.7 Å². The van der Waals surface area contributed by atoms with E-state index in [1.165, 1.54) is 0 Å². The molecule has 2 aliphatic heterocycles. The zero-order valence-electron chi connectivity index (χ0n) is 16.1. The number of fused-ring (bicyclic) bond motifs is 1. The van der Waals surface area contributed by atoms with Crippen LogP contribution < -0.4 is 0 Å². The first-order valence-corrected chi connectivity index (χ1v) is 9.48. The van der Waals surface area contributed by atoms with Crippen LogP contribution >= 0.6 is 0 Å². The van der Waals surface area contributed by atoms with Crippen LogP contribution in [0.2, 0.25) is 0 Å². The SMILES string of the molecule is CO[C@H]1OC2COC(c3ccccc3)O[C@H]2[C@H](OC)C1OCc1ccccc1. The highest BCUT2D eigenvalue weighted by atomic mass is 16.8. The van der Waals surface area contributed by atoms with Gasteiger partial charge in [0.1, 0.15) is 24.4 Å². The Balaban J connectivity index is 1.50. The molecule has 2 aromatic carbocycles. The van der Waals surface area contributed by atoms with E-state index in [2.05, 4.69) is 0 Å². The number of ether oxygens (including phenoxy) is 6. The Morgan fingerprint density at radius 2 is 1.57 bits per heavy atom. The molecule has 0 saturated carbocycles. The molecule has 0 radical (unpaired) electrons. The van der Waals surface area contributed by atoms with E-state index in [0.29, 0.717) is 13.2 Å². The summed E-state index contributed by atoms with van der Waals surface area (Å²) in [5.41, 5.74) is 2.04. The van der Waals surface area contributed by atoms with E-state index in [-0.39, 0.29) is 18.3 Å². The van der Waals surface area contributed by atoms with Crippen molar-refractivity contribution in [3.05, 3.63) is 71.8 Å². The molecule has 0 amide bonds. The standard InChI is InChI=1S/C22H26O6/c1-23-19-18-17(14-26-21(28-18)16-11-7-4-8-12-16)27-22(24-2)20(19)25-13-15-9-5-3-6-10-15/h3-12,17-22H,13-14H2,1-2H3/t17?,18-,19+,20?,21?,22+/m1/s1. The monoisotopic (exact) mass is 386 g/mol. The third-order valence-electron chi connectivity index (χ3n) is 5.15. The van der Waals surface area contributed by atoms with Crippen molar-refractivity contribution in [2.45, 2.75) is 43.6 Å². The smallest absolute Gasteiger partial charge is 0.186 e. The first-order chi connectivity index (χ1) is 13.8. The van der Waals surface area contributed by atoms with E-state index in [9.17, 15) is 0 Å². The quantitative estimate of drug-likeness (QED) is 0.761. The molecule has 6 nitrogen and oxygen atoms in total. The number of benzene rings is 2. The van der Waals surface area contributed by atoms with Crippen molar-refractivity contribution in [1.29, 1.82) is 0 Å². The van der Waals surface area contributed by atoms with Gasteiger partial charge in [0.2, 0.25) is 0 Å². The molecule has 0 aromatic heterocycles. The third kappa shape index (κ3) is 4.12. The van der Waals surface area contributed by atoms with Gasteiger partial charge in [-0.15, -0.1) is 0 Å². The third-order valence-corrected chi connectivity index (χ3v) is 5.15. The van der Waals surface area contributed by atoms with Crippen LogP contribution in [0, 0.1) is 0 Å². The normalized spacial score (nSPS) is 32.6. The Bertz CT molecular complexity index is 718. The van der Waals surface area contributed by atoms with Crippen molar-refractivity contribution < 1.29 is 28.4 Å². The lowest BCUT2D eigenvalue weighted by molar-refractivity contribution is -0.366. The second-order valence-corrected chi connectivity index (χ2v) is 6.92. The summed E-state index contributed by atoms with van der Waals surface area (Å²) in [5.74, 6) is 0. The topological polar surface area (TPSA) is 55.4 Å². The molecule has 3 unspecified atom stereocenters. The maximum Gasteiger partial charge on any atom is 0.186 e. The lowest BCUT2D eigenvalue weighted by Crippen LogP contribution is -2.63. The van der Waals surface area contributed by atoms with Gasteiger partial charge in [0.25, 0.3) is 0 Å². The van der Waals surface area contributed by atoms with Crippen LogP contribution in [-0.2, 0) is 35.0 Å². The zero-order valence-corrected chi connectivity index (χ0v) is 16.1. The van der Waals surface area contributed by atoms with Gasteiger partial charge in [-0.1, -0.05) is 60.7 Å². The molecular formula is C22H26O6. The second kappa shape index (κ2) is 9.13. The molecule has 0 bridgehead atoms. The highest BCUT2D eigenvalue weighted by molar-refractivity contribution is 5.17. The van der Waals surface area contributed by atoms with Gasteiger partial charge in [-0.2, -0.15) is 0 Å². The number of hydrogen-bond donors (Lipinski definition) is 0. The van der Waals surface area contributed by atoms with Gasteiger partial charge in [0.05, 0.1) is 13.2 Å². The van der Waals surface area contributed by atoms with Crippen LogP contribution in [-0.4, -0.2) is 51.5 Å². The molecule has 150 valence electrons. The summed E-state index contributed by atoms with van der Waals surface area (Å²) < 4.78 is 35.7. The molecule has 2 aromatic rings. The lowest BCUT2D eigenvalue weighted by atomic mass is 9.97. The van der Waals surface area contributed by atoms with Gasteiger partial charge < -0.3 is 28.4 Å². The van der Waals surface area contributed by atoms with E-state index in [1.54, 1.807) is 14.2 Å². The first kappa shape index (κ1) is 19.5. The minimum Gasteiger partial charge on any atom is -0.376 e. The Morgan fingerprint density at radius 3 is 2.25 bits per heavy atom.